The molecule has 1 N–H and O–H groups in total. The highest BCUT2D eigenvalue weighted by Gasteiger charge is 2.15. The van der Waals surface area contributed by atoms with Crippen molar-refractivity contribution in [3.63, 3.8) is 0 Å². The predicted octanol–water partition coefficient (Wildman–Crippen LogP) is 5.62. The zero-order chi connectivity index (χ0) is 16.2. The van der Waals surface area contributed by atoms with Crippen LogP contribution in [-0.4, -0.2) is 4.98 Å². The number of rotatable bonds is 12. The number of benzene rings is 1. The van der Waals surface area contributed by atoms with Crippen LogP contribution in [0.1, 0.15) is 76.3 Å². The van der Waals surface area contributed by atoms with Gasteiger partial charge in [-0.25, -0.2) is 4.57 Å². The lowest BCUT2D eigenvalue weighted by Crippen LogP contribution is -2.37. The van der Waals surface area contributed by atoms with E-state index in [0.717, 1.165) is 0 Å². The zero-order valence-electron chi connectivity index (χ0n) is 14.7. The van der Waals surface area contributed by atoms with Crippen molar-refractivity contribution in [2.75, 3.05) is 0 Å². The maximum atomic E-state index is 3.20. The van der Waals surface area contributed by atoms with Crippen LogP contribution in [0.15, 0.2) is 49.1 Å². The summed E-state index contributed by atoms with van der Waals surface area (Å²) in [7, 11) is 0. The molecule has 0 fully saturated rings. The smallest absolute Gasteiger partial charge is 0.241 e. The van der Waals surface area contributed by atoms with Crippen LogP contribution < -0.4 is 4.57 Å². The molecule has 126 valence electrons. The summed E-state index contributed by atoms with van der Waals surface area (Å²) in [4.78, 5) is 3.20. The molecule has 0 spiro atoms. The van der Waals surface area contributed by atoms with Gasteiger partial charge in [-0.15, -0.1) is 0 Å². The zero-order valence-corrected chi connectivity index (χ0v) is 14.7. The third kappa shape index (κ3) is 7.02. The van der Waals surface area contributed by atoms with Crippen LogP contribution in [0.2, 0.25) is 0 Å². The normalized spacial score (nSPS) is 12.4. The van der Waals surface area contributed by atoms with E-state index in [2.05, 4.69) is 59.3 Å². The fourth-order valence-electron chi connectivity index (χ4n) is 3.29. The number of hydrogen-bond donors (Lipinski definition) is 1. The topological polar surface area (TPSA) is 19.7 Å². The fourth-order valence-corrected chi connectivity index (χ4v) is 3.29. The standard InChI is InChI=1S/C21H32N2/c1-2-3-4-5-6-7-11-14-21(23-18-17-22-19-23)16-15-20-12-9-8-10-13-20/h8-10,12-13,17-19,21H,2-7,11,14-16H2,1H3/p+1. The molecule has 2 aromatic rings. The van der Waals surface area contributed by atoms with Crippen LogP contribution >= 0.6 is 0 Å². The van der Waals surface area contributed by atoms with Gasteiger partial charge in [0.05, 0.1) is 0 Å². The summed E-state index contributed by atoms with van der Waals surface area (Å²) in [5.74, 6) is 0. The molecule has 0 saturated carbocycles. The third-order valence-electron chi connectivity index (χ3n) is 4.74. The maximum Gasteiger partial charge on any atom is 0.241 e. The van der Waals surface area contributed by atoms with Crippen LogP contribution in [0.4, 0.5) is 0 Å². The Hall–Kier alpha value is -1.57. The Labute approximate surface area is 142 Å². The van der Waals surface area contributed by atoms with E-state index in [4.69, 9.17) is 0 Å². The third-order valence-corrected chi connectivity index (χ3v) is 4.74. The van der Waals surface area contributed by atoms with Crippen molar-refractivity contribution >= 4 is 0 Å². The van der Waals surface area contributed by atoms with Crippen LogP contribution in [0.3, 0.4) is 0 Å². The van der Waals surface area contributed by atoms with Gasteiger partial charge in [-0.1, -0.05) is 75.8 Å². The Bertz CT molecular complexity index is 490. The molecule has 2 rings (SSSR count). The lowest BCUT2D eigenvalue weighted by Gasteiger charge is -2.14. The molecular formula is C21H33N2+. The number of aromatic amines is 1. The highest BCUT2D eigenvalue weighted by Crippen LogP contribution is 2.18. The molecule has 23 heavy (non-hydrogen) atoms. The summed E-state index contributed by atoms with van der Waals surface area (Å²) >= 11 is 0. The van der Waals surface area contributed by atoms with Crippen molar-refractivity contribution in [2.45, 2.75) is 77.2 Å². The Morgan fingerprint density at radius 2 is 1.65 bits per heavy atom. The van der Waals surface area contributed by atoms with Gasteiger partial charge in [-0.3, -0.25) is 4.98 Å². The number of aromatic nitrogens is 2. The summed E-state index contributed by atoms with van der Waals surface area (Å²) in [5.41, 5.74) is 1.45. The summed E-state index contributed by atoms with van der Waals surface area (Å²) in [5, 5.41) is 0. The second kappa shape index (κ2) is 11.0. The van der Waals surface area contributed by atoms with Crippen LogP contribution in [0.5, 0.6) is 0 Å². The Balaban J connectivity index is 1.72. The number of nitrogens with one attached hydrogen (secondary N) is 1. The van der Waals surface area contributed by atoms with E-state index in [0.29, 0.717) is 6.04 Å². The van der Waals surface area contributed by atoms with Crippen LogP contribution in [-0.2, 0) is 6.42 Å². The SMILES string of the molecule is CCCCCCCCCC(CCc1ccccc1)[n+]1cc[nH]c1. The molecule has 1 aromatic heterocycles. The monoisotopic (exact) mass is 313 g/mol. The van der Waals surface area contributed by atoms with E-state index in [-0.39, 0.29) is 0 Å². The molecule has 0 bridgehead atoms. The van der Waals surface area contributed by atoms with Gasteiger partial charge in [-0.05, 0) is 31.2 Å². The quantitative estimate of drug-likeness (QED) is 0.388. The molecule has 1 heterocycles. The van der Waals surface area contributed by atoms with Crippen LogP contribution in [0, 0.1) is 0 Å². The van der Waals surface area contributed by atoms with Gasteiger partial charge in [0.15, 0.2) is 0 Å². The van der Waals surface area contributed by atoms with Crippen molar-refractivity contribution in [1.82, 2.24) is 4.98 Å². The van der Waals surface area contributed by atoms with E-state index >= 15 is 0 Å². The minimum atomic E-state index is 0.622. The molecule has 0 aliphatic carbocycles. The number of hydrogen-bond acceptors (Lipinski definition) is 0. The molecular weight excluding hydrogens is 280 g/mol. The molecule has 2 nitrogen and oxygen atoms in total. The first-order valence-corrected chi connectivity index (χ1v) is 9.47. The summed E-state index contributed by atoms with van der Waals surface area (Å²) in [6, 6.07) is 11.5. The van der Waals surface area contributed by atoms with Crippen LogP contribution in [0.25, 0.3) is 0 Å². The average Bonchev–Trinajstić information content (AvgIpc) is 3.12. The van der Waals surface area contributed by atoms with Crippen molar-refractivity contribution in [2.24, 2.45) is 0 Å². The first-order chi connectivity index (χ1) is 11.4. The number of aryl methyl sites for hydroxylation is 1. The van der Waals surface area contributed by atoms with Gasteiger partial charge >= 0.3 is 0 Å². The Kier molecular flexibility index (Phi) is 8.53. The van der Waals surface area contributed by atoms with Crippen molar-refractivity contribution in [3.8, 4) is 0 Å². The minimum Gasteiger partial charge on any atom is -0.250 e. The largest absolute Gasteiger partial charge is 0.250 e. The van der Waals surface area contributed by atoms with E-state index in [1.807, 2.05) is 6.20 Å². The highest BCUT2D eigenvalue weighted by atomic mass is 15.0. The summed E-state index contributed by atoms with van der Waals surface area (Å²) < 4.78 is 2.36. The van der Waals surface area contributed by atoms with E-state index in [1.165, 1.54) is 69.8 Å². The Morgan fingerprint density at radius 1 is 0.913 bits per heavy atom. The van der Waals surface area contributed by atoms with Gasteiger partial charge < -0.3 is 0 Å². The molecule has 0 saturated heterocycles. The average molecular weight is 314 g/mol. The molecule has 1 unspecified atom stereocenters. The molecule has 0 radical (unpaired) electrons. The van der Waals surface area contributed by atoms with Gasteiger partial charge in [0.25, 0.3) is 0 Å². The second-order valence-corrected chi connectivity index (χ2v) is 6.65. The molecule has 0 amide bonds. The predicted molar refractivity (Wildman–Crippen MR) is 97.4 cm³/mol. The lowest BCUT2D eigenvalue weighted by molar-refractivity contribution is -0.723. The highest BCUT2D eigenvalue weighted by molar-refractivity contribution is 5.14. The van der Waals surface area contributed by atoms with Gasteiger partial charge in [-0.2, -0.15) is 0 Å². The molecule has 2 heteroatoms. The number of unbranched alkanes of at least 4 members (excludes halogenated alkanes) is 6. The van der Waals surface area contributed by atoms with Crippen molar-refractivity contribution in [1.29, 1.82) is 0 Å². The summed E-state index contributed by atoms with van der Waals surface area (Å²) in [6.07, 6.45) is 19.7. The maximum absolute atomic E-state index is 3.20. The van der Waals surface area contributed by atoms with E-state index < -0.39 is 0 Å². The second-order valence-electron chi connectivity index (χ2n) is 6.65. The van der Waals surface area contributed by atoms with E-state index in [1.54, 1.807) is 0 Å². The van der Waals surface area contributed by atoms with Crippen molar-refractivity contribution in [3.05, 3.63) is 54.6 Å². The number of nitrogens with zero attached hydrogens (tertiary/aromatic N) is 1. The Morgan fingerprint density at radius 3 is 2.35 bits per heavy atom. The molecule has 0 aliphatic rings. The lowest BCUT2D eigenvalue weighted by atomic mass is 9.99. The molecule has 0 aliphatic heterocycles. The minimum absolute atomic E-state index is 0.622. The first-order valence-electron chi connectivity index (χ1n) is 9.47. The van der Waals surface area contributed by atoms with E-state index in [9.17, 15) is 0 Å². The van der Waals surface area contributed by atoms with Gasteiger partial charge in [0, 0.05) is 0 Å². The number of H-pyrrole nitrogens is 1. The van der Waals surface area contributed by atoms with Gasteiger partial charge in [0.1, 0.15) is 18.4 Å². The fraction of sp³-hybridized carbons (Fsp3) is 0.571. The first kappa shape index (κ1) is 17.8. The summed E-state index contributed by atoms with van der Waals surface area (Å²) in [6.45, 7) is 2.28. The van der Waals surface area contributed by atoms with Crippen molar-refractivity contribution < 1.29 is 4.57 Å². The van der Waals surface area contributed by atoms with Gasteiger partial charge in [0.2, 0.25) is 6.33 Å². The molecule has 1 aromatic carbocycles. The molecule has 1 atom stereocenters. The number of imidazole rings is 1.